The molecule has 1 aromatic carbocycles. The fourth-order valence-electron chi connectivity index (χ4n) is 1.86. The Morgan fingerprint density at radius 2 is 1.76 bits per heavy atom. The minimum Gasteiger partial charge on any atom is -0.323 e. The summed E-state index contributed by atoms with van der Waals surface area (Å²) in [6, 6.07) is 10.2. The van der Waals surface area contributed by atoms with E-state index < -0.39 is 0 Å². The summed E-state index contributed by atoms with van der Waals surface area (Å²) in [5.41, 5.74) is 8.56. The van der Waals surface area contributed by atoms with Crippen LogP contribution in [0.4, 0.5) is 0 Å². The molecule has 0 amide bonds. The van der Waals surface area contributed by atoms with Crippen LogP contribution in [0.25, 0.3) is 10.9 Å². The van der Waals surface area contributed by atoms with Gasteiger partial charge < -0.3 is 5.73 Å². The SMILES string of the molecule is CC(C)(C)[C@H](N)c1ccnc2ccccc12.Cl. The lowest BCUT2D eigenvalue weighted by molar-refractivity contribution is 0.328. The molecule has 2 N–H and O–H groups in total. The Bertz CT molecular complexity index is 498. The molecule has 0 aliphatic carbocycles. The number of nitrogens with zero attached hydrogens (tertiary/aromatic N) is 1. The number of pyridine rings is 1. The minimum absolute atomic E-state index is 0. The van der Waals surface area contributed by atoms with Crippen molar-refractivity contribution >= 4 is 23.3 Å². The molecule has 0 radical (unpaired) electrons. The van der Waals surface area contributed by atoms with Gasteiger partial charge in [-0.05, 0) is 23.1 Å². The van der Waals surface area contributed by atoms with Crippen molar-refractivity contribution in [2.24, 2.45) is 11.1 Å². The third kappa shape index (κ3) is 2.76. The Balaban J connectivity index is 0.00000144. The van der Waals surface area contributed by atoms with Gasteiger partial charge in [0.05, 0.1) is 5.52 Å². The standard InChI is InChI=1S/C14H18N2.ClH/c1-14(2,3)13(15)11-8-9-16-12-7-5-4-6-10(11)12;/h4-9,13H,15H2,1-3H3;1H/t13-;/m1./s1. The van der Waals surface area contributed by atoms with Crippen LogP contribution in [0.15, 0.2) is 36.5 Å². The summed E-state index contributed by atoms with van der Waals surface area (Å²) >= 11 is 0. The van der Waals surface area contributed by atoms with Crippen molar-refractivity contribution in [3.8, 4) is 0 Å². The molecule has 0 bridgehead atoms. The van der Waals surface area contributed by atoms with E-state index in [2.05, 4.69) is 31.8 Å². The van der Waals surface area contributed by atoms with Crippen molar-refractivity contribution in [3.05, 3.63) is 42.1 Å². The minimum atomic E-state index is 0. The second kappa shape index (κ2) is 5.03. The lowest BCUT2D eigenvalue weighted by atomic mass is 9.82. The Morgan fingerprint density at radius 1 is 1.12 bits per heavy atom. The van der Waals surface area contributed by atoms with E-state index in [1.165, 1.54) is 5.56 Å². The second-order valence-corrected chi connectivity index (χ2v) is 5.26. The second-order valence-electron chi connectivity index (χ2n) is 5.26. The molecule has 0 spiro atoms. The van der Waals surface area contributed by atoms with E-state index >= 15 is 0 Å². The van der Waals surface area contributed by atoms with Crippen LogP contribution in [0.2, 0.25) is 0 Å². The Kier molecular flexibility index (Phi) is 4.12. The molecule has 0 saturated carbocycles. The number of aromatic nitrogens is 1. The number of hydrogen-bond donors (Lipinski definition) is 1. The summed E-state index contributed by atoms with van der Waals surface area (Å²) < 4.78 is 0. The highest BCUT2D eigenvalue weighted by Crippen LogP contribution is 2.33. The predicted octanol–water partition coefficient (Wildman–Crippen LogP) is 3.70. The molecule has 0 fully saturated rings. The lowest BCUT2D eigenvalue weighted by Gasteiger charge is -2.28. The van der Waals surface area contributed by atoms with Crippen LogP contribution in [0.3, 0.4) is 0 Å². The van der Waals surface area contributed by atoms with Crippen LogP contribution < -0.4 is 5.73 Å². The molecule has 0 unspecified atom stereocenters. The summed E-state index contributed by atoms with van der Waals surface area (Å²) in [6.45, 7) is 6.48. The van der Waals surface area contributed by atoms with E-state index in [-0.39, 0.29) is 23.9 Å². The Morgan fingerprint density at radius 3 is 2.41 bits per heavy atom. The highest BCUT2D eigenvalue weighted by atomic mass is 35.5. The molecule has 1 atom stereocenters. The summed E-state index contributed by atoms with van der Waals surface area (Å²) in [5, 5.41) is 1.16. The molecule has 0 aliphatic rings. The average molecular weight is 251 g/mol. The van der Waals surface area contributed by atoms with Gasteiger partial charge in [0.2, 0.25) is 0 Å². The number of halogens is 1. The van der Waals surface area contributed by atoms with E-state index in [9.17, 15) is 0 Å². The number of fused-ring (bicyclic) bond motifs is 1. The summed E-state index contributed by atoms with van der Waals surface area (Å²) in [6.07, 6.45) is 1.84. The molecule has 17 heavy (non-hydrogen) atoms. The zero-order chi connectivity index (χ0) is 11.8. The average Bonchev–Trinajstić information content (AvgIpc) is 2.26. The highest BCUT2D eigenvalue weighted by Gasteiger charge is 2.23. The van der Waals surface area contributed by atoms with Gasteiger partial charge in [0.25, 0.3) is 0 Å². The van der Waals surface area contributed by atoms with Gasteiger partial charge in [0, 0.05) is 17.6 Å². The fourth-order valence-corrected chi connectivity index (χ4v) is 1.86. The van der Waals surface area contributed by atoms with E-state index in [4.69, 9.17) is 5.73 Å². The van der Waals surface area contributed by atoms with Crippen LogP contribution >= 0.6 is 12.4 Å². The fraction of sp³-hybridized carbons (Fsp3) is 0.357. The van der Waals surface area contributed by atoms with E-state index in [1.54, 1.807) is 0 Å². The lowest BCUT2D eigenvalue weighted by Crippen LogP contribution is -2.26. The quantitative estimate of drug-likeness (QED) is 0.838. The van der Waals surface area contributed by atoms with Crippen molar-refractivity contribution in [2.45, 2.75) is 26.8 Å². The monoisotopic (exact) mass is 250 g/mol. The smallest absolute Gasteiger partial charge is 0.0705 e. The topological polar surface area (TPSA) is 38.9 Å². The predicted molar refractivity (Wildman–Crippen MR) is 75.4 cm³/mol. The van der Waals surface area contributed by atoms with Crippen LogP contribution in [-0.2, 0) is 0 Å². The van der Waals surface area contributed by atoms with Crippen molar-refractivity contribution < 1.29 is 0 Å². The van der Waals surface area contributed by atoms with Crippen LogP contribution in [0.5, 0.6) is 0 Å². The van der Waals surface area contributed by atoms with E-state index in [1.807, 2.05) is 30.5 Å². The summed E-state index contributed by atoms with van der Waals surface area (Å²) in [5.74, 6) is 0. The van der Waals surface area contributed by atoms with Gasteiger partial charge >= 0.3 is 0 Å². The number of hydrogen-bond acceptors (Lipinski definition) is 2. The van der Waals surface area contributed by atoms with Gasteiger partial charge in [-0.3, -0.25) is 4.98 Å². The van der Waals surface area contributed by atoms with Crippen molar-refractivity contribution in [1.29, 1.82) is 0 Å². The van der Waals surface area contributed by atoms with E-state index in [0.717, 1.165) is 10.9 Å². The maximum Gasteiger partial charge on any atom is 0.0705 e. The zero-order valence-electron chi connectivity index (χ0n) is 10.5. The molecule has 2 aromatic rings. The van der Waals surface area contributed by atoms with Crippen molar-refractivity contribution in [1.82, 2.24) is 4.98 Å². The molecule has 92 valence electrons. The first-order chi connectivity index (χ1) is 7.50. The van der Waals surface area contributed by atoms with Crippen LogP contribution in [-0.4, -0.2) is 4.98 Å². The third-order valence-corrected chi connectivity index (χ3v) is 2.95. The molecule has 1 heterocycles. The third-order valence-electron chi connectivity index (χ3n) is 2.95. The first-order valence-electron chi connectivity index (χ1n) is 5.59. The van der Waals surface area contributed by atoms with Crippen molar-refractivity contribution in [2.75, 3.05) is 0 Å². The van der Waals surface area contributed by atoms with Gasteiger partial charge in [-0.2, -0.15) is 0 Å². The highest BCUT2D eigenvalue weighted by molar-refractivity contribution is 5.85. The van der Waals surface area contributed by atoms with Gasteiger partial charge in [-0.1, -0.05) is 39.0 Å². The normalized spacial score (nSPS) is 13.2. The molecular formula is C14H19ClN2. The first kappa shape index (κ1) is 13.9. The Hall–Kier alpha value is -1.12. The van der Waals surface area contributed by atoms with Crippen LogP contribution in [0.1, 0.15) is 32.4 Å². The molecular weight excluding hydrogens is 232 g/mol. The summed E-state index contributed by atoms with van der Waals surface area (Å²) in [7, 11) is 0. The van der Waals surface area contributed by atoms with Crippen molar-refractivity contribution in [3.63, 3.8) is 0 Å². The van der Waals surface area contributed by atoms with Gasteiger partial charge in [0.1, 0.15) is 0 Å². The van der Waals surface area contributed by atoms with Gasteiger partial charge in [-0.25, -0.2) is 0 Å². The van der Waals surface area contributed by atoms with E-state index in [0.29, 0.717) is 0 Å². The Labute approximate surface area is 109 Å². The maximum atomic E-state index is 6.31. The van der Waals surface area contributed by atoms with Gasteiger partial charge in [-0.15, -0.1) is 12.4 Å². The molecule has 0 saturated heterocycles. The van der Waals surface area contributed by atoms with Gasteiger partial charge in [0.15, 0.2) is 0 Å². The number of nitrogens with two attached hydrogens (primary N) is 1. The largest absolute Gasteiger partial charge is 0.323 e. The zero-order valence-corrected chi connectivity index (χ0v) is 11.3. The van der Waals surface area contributed by atoms with Crippen LogP contribution in [0, 0.1) is 5.41 Å². The first-order valence-corrected chi connectivity index (χ1v) is 5.59. The number of benzene rings is 1. The number of rotatable bonds is 1. The molecule has 2 nitrogen and oxygen atoms in total. The molecule has 2 rings (SSSR count). The molecule has 1 aromatic heterocycles. The molecule has 0 aliphatic heterocycles. The maximum absolute atomic E-state index is 6.31. The summed E-state index contributed by atoms with van der Waals surface area (Å²) in [4.78, 5) is 4.35. The molecule has 3 heteroatoms. The number of para-hydroxylation sites is 1.